The normalized spacial score (nSPS) is 18.1. The molecule has 1 N–H and O–H groups in total. The fraction of sp³-hybridized carbons (Fsp3) is 0.364. The molecule has 2 saturated heterocycles. The van der Waals surface area contributed by atoms with Crippen molar-refractivity contribution in [1.82, 2.24) is 9.80 Å². The summed E-state index contributed by atoms with van der Waals surface area (Å²) < 4.78 is 0. The van der Waals surface area contributed by atoms with E-state index >= 15 is 0 Å². The number of nitrogens with one attached hydrogen (secondary N) is 1. The van der Waals surface area contributed by atoms with Gasteiger partial charge < -0.3 is 15.1 Å². The molecule has 3 amide bonds. The molecule has 2 aliphatic rings. The molecular formula is C22H24ClN3O2S. The van der Waals surface area contributed by atoms with Crippen molar-refractivity contribution >= 4 is 41.0 Å². The van der Waals surface area contributed by atoms with Crippen molar-refractivity contribution in [2.75, 3.05) is 30.7 Å². The molecule has 0 aromatic heterocycles. The molecule has 0 bridgehead atoms. The number of aryl methyl sites for hydroxylation is 1. The third-order valence-corrected chi connectivity index (χ3v) is 7.49. The predicted molar refractivity (Wildman–Crippen MR) is 119 cm³/mol. The highest BCUT2D eigenvalue weighted by Gasteiger charge is 2.47. The number of nitrogens with zero attached hydrogens (tertiary/aromatic N) is 2. The Morgan fingerprint density at radius 1 is 1.07 bits per heavy atom. The van der Waals surface area contributed by atoms with Gasteiger partial charge >= 0.3 is 6.03 Å². The molecule has 0 unspecified atom stereocenters. The molecule has 0 atom stereocenters. The van der Waals surface area contributed by atoms with Crippen LogP contribution in [-0.4, -0.2) is 52.0 Å². The highest BCUT2D eigenvalue weighted by molar-refractivity contribution is 8.00. The Labute approximate surface area is 180 Å². The summed E-state index contributed by atoms with van der Waals surface area (Å²) in [5, 5.41) is 3.50. The number of halogens is 1. The second kappa shape index (κ2) is 8.28. The average molecular weight is 430 g/mol. The Hall–Kier alpha value is -2.18. The number of carbonyl (C=O) groups is 2. The average Bonchev–Trinajstić information content (AvgIpc) is 3.11. The zero-order chi connectivity index (χ0) is 20.4. The van der Waals surface area contributed by atoms with E-state index < -0.39 is 0 Å². The van der Waals surface area contributed by atoms with E-state index in [2.05, 4.69) is 5.32 Å². The van der Waals surface area contributed by atoms with Crippen LogP contribution >= 0.6 is 23.4 Å². The van der Waals surface area contributed by atoms with Crippen LogP contribution in [0.5, 0.6) is 0 Å². The van der Waals surface area contributed by atoms with Crippen molar-refractivity contribution in [3.05, 3.63) is 64.7 Å². The summed E-state index contributed by atoms with van der Waals surface area (Å²) in [4.78, 5) is 29.5. The summed E-state index contributed by atoms with van der Waals surface area (Å²) in [6, 6.07) is 14.8. The van der Waals surface area contributed by atoms with Crippen molar-refractivity contribution in [3.63, 3.8) is 0 Å². The van der Waals surface area contributed by atoms with E-state index in [4.69, 9.17) is 11.6 Å². The summed E-state index contributed by atoms with van der Waals surface area (Å²) in [6.45, 7) is 3.98. The summed E-state index contributed by atoms with van der Waals surface area (Å²) in [5.41, 5.74) is 2.47. The van der Waals surface area contributed by atoms with Crippen LogP contribution < -0.4 is 5.32 Å². The Morgan fingerprint density at radius 3 is 2.55 bits per heavy atom. The Kier molecular flexibility index (Phi) is 5.74. The first-order valence-corrected chi connectivity index (χ1v) is 11.2. The maximum atomic E-state index is 13.2. The van der Waals surface area contributed by atoms with Gasteiger partial charge in [-0.05, 0) is 49.6 Å². The van der Waals surface area contributed by atoms with Crippen LogP contribution in [0.15, 0.2) is 48.5 Å². The summed E-state index contributed by atoms with van der Waals surface area (Å²) in [7, 11) is 0. The summed E-state index contributed by atoms with van der Waals surface area (Å²) in [5.74, 6) is 1.04. The lowest BCUT2D eigenvalue weighted by atomic mass is 10.00. The highest BCUT2D eigenvalue weighted by Crippen LogP contribution is 2.44. The SMILES string of the molecule is Cc1ccccc1C(=O)N1CCSC12CCN(C(=O)Nc1cccc(Cl)c1)CC2. The molecule has 0 aliphatic carbocycles. The molecule has 2 aromatic carbocycles. The van der Waals surface area contributed by atoms with Gasteiger partial charge in [-0.25, -0.2) is 4.79 Å². The summed E-state index contributed by atoms with van der Waals surface area (Å²) in [6.07, 6.45) is 1.55. The van der Waals surface area contributed by atoms with Gasteiger partial charge in [-0.1, -0.05) is 35.9 Å². The van der Waals surface area contributed by atoms with Crippen molar-refractivity contribution in [2.24, 2.45) is 0 Å². The first kappa shape index (κ1) is 20.1. The van der Waals surface area contributed by atoms with Crippen LogP contribution in [0.3, 0.4) is 0 Å². The van der Waals surface area contributed by atoms with Crippen molar-refractivity contribution in [3.8, 4) is 0 Å². The van der Waals surface area contributed by atoms with Crippen LogP contribution in [0.1, 0.15) is 28.8 Å². The number of anilines is 1. The van der Waals surface area contributed by atoms with E-state index in [1.54, 1.807) is 12.1 Å². The van der Waals surface area contributed by atoms with Crippen LogP contribution in [0, 0.1) is 6.92 Å². The van der Waals surface area contributed by atoms with Crippen molar-refractivity contribution < 1.29 is 9.59 Å². The lowest BCUT2D eigenvalue weighted by Gasteiger charge is -2.44. The van der Waals surface area contributed by atoms with Gasteiger partial charge in [0.25, 0.3) is 5.91 Å². The van der Waals surface area contributed by atoms with E-state index in [0.29, 0.717) is 23.8 Å². The third kappa shape index (κ3) is 4.09. The number of rotatable bonds is 2. The van der Waals surface area contributed by atoms with Gasteiger partial charge in [-0.3, -0.25) is 4.79 Å². The maximum Gasteiger partial charge on any atom is 0.321 e. The smallest absolute Gasteiger partial charge is 0.321 e. The first-order valence-electron chi connectivity index (χ1n) is 9.82. The molecule has 0 radical (unpaired) electrons. The van der Waals surface area contributed by atoms with E-state index in [1.807, 2.05) is 64.9 Å². The summed E-state index contributed by atoms with van der Waals surface area (Å²) >= 11 is 7.85. The molecule has 2 aliphatic heterocycles. The zero-order valence-electron chi connectivity index (χ0n) is 16.4. The quantitative estimate of drug-likeness (QED) is 0.741. The standard InChI is InChI=1S/C22H24ClN3O2S/c1-16-5-2-3-8-19(16)20(27)26-13-14-29-22(26)9-11-25(12-10-22)21(28)24-18-7-4-6-17(23)15-18/h2-8,15H,9-14H2,1H3,(H,24,28). The molecule has 5 nitrogen and oxygen atoms in total. The zero-order valence-corrected chi connectivity index (χ0v) is 17.9. The highest BCUT2D eigenvalue weighted by atomic mass is 35.5. The van der Waals surface area contributed by atoms with Crippen LogP contribution in [0.25, 0.3) is 0 Å². The maximum absolute atomic E-state index is 13.2. The van der Waals surface area contributed by atoms with E-state index in [-0.39, 0.29) is 16.8 Å². The van der Waals surface area contributed by atoms with Crippen LogP contribution in [-0.2, 0) is 0 Å². The molecule has 2 aromatic rings. The van der Waals surface area contributed by atoms with Gasteiger partial charge in [0, 0.05) is 41.7 Å². The minimum atomic E-state index is -0.216. The molecule has 1 spiro atoms. The second-order valence-corrected chi connectivity index (χ2v) is 9.39. The lowest BCUT2D eigenvalue weighted by Crippen LogP contribution is -2.54. The largest absolute Gasteiger partial charge is 0.324 e. The molecule has 29 heavy (non-hydrogen) atoms. The van der Waals surface area contributed by atoms with Gasteiger partial charge in [0.15, 0.2) is 0 Å². The topological polar surface area (TPSA) is 52.7 Å². The number of piperidine rings is 1. The number of carbonyl (C=O) groups excluding carboxylic acids is 2. The van der Waals surface area contributed by atoms with Gasteiger partial charge in [0.1, 0.15) is 0 Å². The second-order valence-electron chi connectivity index (χ2n) is 7.49. The molecule has 7 heteroatoms. The Morgan fingerprint density at radius 2 is 1.83 bits per heavy atom. The number of benzene rings is 2. The number of thioether (sulfide) groups is 1. The van der Waals surface area contributed by atoms with Gasteiger partial charge in [-0.2, -0.15) is 0 Å². The molecule has 152 valence electrons. The fourth-order valence-corrected chi connectivity index (χ4v) is 5.74. The molecule has 4 rings (SSSR count). The first-order chi connectivity index (χ1) is 14.0. The Bertz CT molecular complexity index is 928. The number of hydrogen-bond donors (Lipinski definition) is 1. The fourth-order valence-electron chi connectivity index (χ4n) is 4.10. The van der Waals surface area contributed by atoms with Crippen molar-refractivity contribution in [1.29, 1.82) is 0 Å². The number of urea groups is 1. The van der Waals surface area contributed by atoms with Gasteiger partial charge in [0.05, 0.1) is 4.87 Å². The predicted octanol–water partition coefficient (Wildman–Crippen LogP) is 4.86. The van der Waals surface area contributed by atoms with Gasteiger partial charge in [0.2, 0.25) is 0 Å². The van der Waals surface area contributed by atoms with Gasteiger partial charge in [-0.15, -0.1) is 11.8 Å². The number of likely N-dealkylation sites (tertiary alicyclic amines) is 1. The molecule has 2 heterocycles. The molecule has 2 fully saturated rings. The molecular weight excluding hydrogens is 406 g/mol. The van der Waals surface area contributed by atoms with Crippen LogP contribution in [0.2, 0.25) is 5.02 Å². The van der Waals surface area contributed by atoms with E-state index in [1.165, 1.54) is 0 Å². The van der Waals surface area contributed by atoms with Crippen molar-refractivity contribution in [2.45, 2.75) is 24.6 Å². The van der Waals surface area contributed by atoms with E-state index in [0.717, 1.165) is 36.3 Å². The Balaban J connectivity index is 1.43. The minimum Gasteiger partial charge on any atom is -0.324 e. The molecule has 0 saturated carbocycles. The number of amides is 3. The lowest BCUT2D eigenvalue weighted by molar-refractivity contribution is 0.0585. The van der Waals surface area contributed by atoms with E-state index in [9.17, 15) is 9.59 Å². The minimum absolute atomic E-state index is 0.102. The third-order valence-electron chi connectivity index (χ3n) is 5.71. The monoisotopic (exact) mass is 429 g/mol. The van der Waals surface area contributed by atoms with Crippen LogP contribution in [0.4, 0.5) is 10.5 Å². The number of hydrogen-bond acceptors (Lipinski definition) is 3.